The van der Waals surface area contributed by atoms with Gasteiger partial charge < -0.3 is 5.32 Å². The molecular formula is C18H17ClF3N5O. The van der Waals surface area contributed by atoms with Crippen molar-refractivity contribution in [2.45, 2.75) is 33.1 Å². The maximum Gasteiger partial charge on any atom is 0.408 e. The molecule has 0 saturated carbocycles. The van der Waals surface area contributed by atoms with Crippen molar-refractivity contribution in [1.29, 1.82) is 0 Å². The van der Waals surface area contributed by atoms with Crippen molar-refractivity contribution in [2.75, 3.05) is 5.32 Å². The largest absolute Gasteiger partial charge is 0.408 e. The van der Waals surface area contributed by atoms with Gasteiger partial charge in [-0.25, -0.2) is 0 Å². The van der Waals surface area contributed by atoms with Gasteiger partial charge in [-0.05, 0) is 31.5 Å². The topological polar surface area (TPSA) is 64.7 Å². The van der Waals surface area contributed by atoms with Crippen LogP contribution < -0.4 is 5.32 Å². The molecule has 1 amide bonds. The molecule has 0 fully saturated rings. The van der Waals surface area contributed by atoms with E-state index in [4.69, 9.17) is 11.6 Å². The molecule has 3 rings (SSSR count). The summed E-state index contributed by atoms with van der Waals surface area (Å²) < 4.78 is 39.6. The second-order valence-electron chi connectivity index (χ2n) is 6.34. The molecule has 0 bridgehead atoms. The van der Waals surface area contributed by atoms with Gasteiger partial charge in [0.15, 0.2) is 0 Å². The Morgan fingerprint density at radius 2 is 1.89 bits per heavy atom. The minimum absolute atomic E-state index is 0.190. The first-order chi connectivity index (χ1) is 13.1. The molecule has 0 radical (unpaired) electrons. The molecule has 2 aromatic heterocycles. The first-order valence-corrected chi connectivity index (χ1v) is 8.69. The molecule has 1 N–H and O–H groups in total. The van der Waals surface area contributed by atoms with Gasteiger partial charge in [-0.15, -0.1) is 0 Å². The Morgan fingerprint density at radius 3 is 2.46 bits per heavy atom. The van der Waals surface area contributed by atoms with Crippen LogP contribution in [-0.4, -0.2) is 31.6 Å². The summed E-state index contributed by atoms with van der Waals surface area (Å²) in [6.45, 7) is 3.00. The molecule has 0 aliphatic heterocycles. The highest BCUT2D eigenvalue weighted by molar-refractivity contribution is 6.31. The number of amides is 1. The third-order valence-corrected chi connectivity index (χ3v) is 4.62. The Bertz CT molecular complexity index is 992. The molecule has 0 spiro atoms. The second kappa shape index (κ2) is 7.67. The van der Waals surface area contributed by atoms with E-state index in [0.717, 1.165) is 27.8 Å². The number of benzene rings is 1. The number of hydrogen-bond donors (Lipinski definition) is 1. The van der Waals surface area contributed by atoms with E-state index in [9.17, 15) is 18.0 Å². The van der Waals surface area contributed by atoms with E-state index in [1.807, 2.05) is 13.8 Å². The molecule has 3 aromatic rings. The van der Waals surface area contributed by atoms with Gasteiger partial charge in [-0.3, -0.25) is 14.2 Å². The predicted molar refractivity (Wildman–Crippen MR) is 98.5 cm³/mol. The average Bonchev–Trinajstić information content (AvgIpc) is 3.14. The van der Waals surface area contributed by atoms with Gasteiger partial charge in [-0.2, -0.15) is 23.4 Å². The molecule has 0 unspecified atom stereocenters. The van der Waals surface area contributed by atoms with E-state index in [1.54, 1.807) is 28.9 Å². The fourth-order valence-electron chi connectivity index (χ4n) is 2.67. The number of anilines is 1. The first-order valence-electron chi connectivity index (χ1n) is 8.31. The highest BCUT2D eigenvalue weighted by Crippen LogP contribution is 2.20. The quantitative estimate of drug-likeness (QED) is 0.684. The maximum atomic E-state index is 12.4. The standard InChI is InChI=1S/C18H17ClF3N5O/c1-11-16(19)12(2)27(25-11)8-13-3-5-14(6-4-13)17(28)24-15-7-23-26(9-15)10-18(20,21)22/h3-7,9H,8,10H2,1-2H3,(H,24,28). The van der Waals surface area contributed by atoms with Crippen molar-refractivity contribution in [2.24, 2.45) is 0 Å². The number of rotatable bonds is 5. The van der Waals surface area contributed by atoms with Crippen molar-refractivity contribution < 1.29 is 18.0 Å². The number of aromatic nitrogens is 4. The van der Waals surface area contributed by atoms with Crippen LogP contribution in [0, 0.1) is 13.8 Å². The highest BCUT2D eigenvalue weighted by Gasteiger charge is 2.28. The summed E-state index contributed by atoms with van der Waals surface area (Å²) in [6, 6.07) is 6.84. The zero-order valence-electron chi connectivity index (χ0n) is 15.1. The van der Waals surface area contributed by atoms with Gasteiger partial charge in [0.2, 0.25) is 0 Å². The van der Waals surface area contributed by atoms with Gasteiger partial charge in [0.1, 0.15) is 6.54 Å². The third-order valence-electron chi connectivity index (χ3n) is 4.07. The summed E-state index contributed by atoms with van der Waals surface area (Å²) in [5.41, 5.74) is 3.10. The smallest absolute Gasteiger partial charge is 0.319 e. The van der Waals surface area contributed by atoms with E-state index in [1.165, 1.54) is 6.20 Å². The van der Waals surface area contributed by atoms with Gasteiger partial charge in [0.05, 0.1) is 34.8 Å². The van der Waals surface area contributed by atoms with Gasteiger partial charge in [0, 0.05) is 11.8 Å². The van der Waals surface area contributed by atoms with Crippen LogP contribution in [0.3, 0.4) is 0 Å². The molecule has 0 atom stereocenters. The molecule has 148 valence electrons. The van der Waals surface area contributed by atoms with E-state index >= 15 is 0 Å². The zero-order valence-corrected chi connectivity index (χ0v) is 15.8. The van der Waals surface area contributed by atoms with Crippen molar-refractivity contribution >= 4 is 23.2 Å². The average molecular weight is 412 g/mol. The van der Waals surface area contributed by atoms with Crippen LogP contribution >= 0.6 is 11.6 Å². The lowest BCUT2D eigenvalue weighted by Gasteiger charge is -2.07. The minimum Gasteiger partial charge on any atom is -0.319 e. The molecule has 0 saturated heterocycles. The van der Waals surface area contributed by atoms with Crippen LogP contribution in [0.2, 0.25) is 5.02 Å². The summed E-state index contributed by atoms with van der Waals surface area (Å²) in [5, 5.41) is 11.1. The lowest BCUT2D eigenvalue weighted by molar-refractivity contribution is -0.142. The Morgan fingerprint density at radius 1 is 1.21 bits per heavy atom. The number of nitrogens with one attached hydrogen (secondary N) is 1. The van der Waals surface area contributed by atoms with Crippen LogP contribution in [0.15, 0.2) is 36.7 Å². The summed E-state index contributed by atoms with van der Waals surface area (Å²) in [5.74, 6) is -0.438. The molecule has 0 aliphatic carbocycles. The minimum atomic E-state index is -4.38. The molecule has 6 nitrogen and oxygen atoms in total. The molecule has 1 aromatic carbocycles. The van der Waals surface area contributed by atoms with E-state index in [0.29, 0.717) is 17.1 Å². The van der Waals surface area contributed by atoms with Crippen LogP contribution in [0.5, 0.6) is 0 Å². The Balaban J connectivity index is 1.64. The van der Waals surface area contributed by atoms with Gasteiger partial charge in [-0.1, -0.05) is 23.7 Å². The number of hydrogen-bond acceptors (Lipinski definition) is 3. The lowest BCUT2D eigenvalue weighted by atomic mass is 10.1. The Hall–Kier alpha value is -2.81. The number of alkyl halides is 3. The summed E-state index contributed by atoms with van der Waals surface area (Å²) in [4.78, 5) is 12.3. The lowest BCUT2D eigenvalue weighted by Crippen LogP contribution is -2.18. The predicted octanol–water partition coefficient (Wildman–Crippen LogP) is 4.21. The Labute approximate surface area is 163 Å². The van der Waals surface area contributed by atoms with E-state index in [2.05, 4.69) is 15.5 Å². The monoisotopic (exact) mass is 411 g/mol. The molecule has 28 heavy (non-hydrogen) atoms. The molecule has 10 heteroatoms. The molecule has 2 heterocycles. The maximum absolute atomic E-state index is 12.4. The summed E-state index contributed by atoms with van der Waals surface area (Å²) >= 11 is 6.14. The molecule has 0 aliphatic rings. The number of halogens is 4. The fraction of sp³-hybridized carbons (Fsp3) is 0.278. The van der Waals surface area contributed by atoms with Crippen LogP contribution in [0.4, 0.5) is 18.9 Å². The number of carbonyl (C=O) groups excluding carboxylic acids is 1. The van der Waals surface area contributed by atoms with Crippen LogP contribution in [0.25, 0.3) is 0 Å². The van der Waals surface area contributed by atoms with Crippen LogP contribution in [-0.2, 0) is 13.1 Å². The second-order valence-corrected chi connectivity index (χ2v) is 6.71. The zero-order chi connectivity index (χ0) is 20.5. The number of nitrogens with zero attached hydrogens (tertiary/aromatic N) is 4. The fourth-order valence-corrected chi connectivity index (χ4v) is 2.80. The third kappa shape index (κ3) is 4.72. The van der Waals surface area contributed by atoms with Crippen molar-refractivity contribution in [3.05, 3.63) is 64.2 Å². The summed E-state index contributed by atoms with van der Waals surface area (Å²) in [7, 11) is 0. The van der Waals surface area contributed by atoms with Gasteiger partial charge in [0.25, 0.3) is 5.91 Å². The van der Waals surface area contributed by atoms with E-state index < -0.39 is 18.6 Å². The van der Waals surface area contributed by atoms with Crippen molar-refractivity contribution in [3.63, 3.8) is 0 Å². The van der Waals surface area contributed by atoms with Crippen LogP contribution in [0.1, 0.15) is 27.3 Å². The summed E-state index contributed by atoms with van der Waals surface area (Å²) in [6.07, 6.45) is -2.07. The highest BCUT2D eigenvalue weighted by atomic mass is 35.5. The van der Waals surface area contributed by atoms with Gasteiger partial charge >= 0.3 is 6.18 Å². The van der Waals surface area contributed by atoms with Crippen molar-refractivity contribution in [3.8, 4) is 0 Å². The normalized spacial score (nSPS) is 11.6. The van der Waals surface area contributed by atoms with E-state index in [-0.39, 0.29) is 5.69 Å². The first kappa shape index (κ1) is 19.9. The number of aryl methyl sites for hydroxylation is 1. The Kier molecular flexibility index (Phi) is 5.46. The molecular weight excluding hydrogens is 395 g/mol. The SMILES string of the molecule is Cc1nn(Cc2ccc(C(=O)Nc3cnn(CC(F)(F)F)c3)cc2)c(C)c1Cl. The van der Waals surface area contributed by atoms with Crippen molar-refractivity contribution in [1.82, 2.24) is 19.6 Å². The number of carbonyl (C=O) groups is 1.